The molecule has 1 aliphatic heterocycles. The Hall–Kier alpha value is -2.56. The first kappa shape index (κ1) is 17.8. The number of hydrogen-bond acceptors (Lipinski definition) is 2. The average Bonchev–Trinajstić information content (AvgIpc) is 3.40. The fraction of sp³-hybridized carbons (Fsp3) is 0.455. The highest BCUT2D eigenvalue weighted by atomic mass is 16.2. The van der Waals surface area contributed by atoms with Crippen molar-refractivity contribution in [1.82, 2.24) is 14.8 Å². The van der Waals surface area contributed by atoms with Crippen LogP contribution in [0.5, 0.6) is 0 Å². The highest BCUT2D eigenvalue weighted by Gasteiger charge is 2.35. The van der Waals surface area contributed by atoms with Crippen LogP contribution in [0.15, 0.2) is 48.8 Å². The van der Waals surface area contributed by atoms with Crippen LogP contribution in [0.2, 0.25) is 0 Å². The molecule has 1 aromatic carbocycles. The van der Waals surface area contributed by atoms with Crippen molar-refractivity contribution in [3.05, 3.63) is 54.4 Å². The third-order valence-corrected chi connectivity index (χ3v) is 5.76. The van der Waals surface area contributed by atoms with Gasteiger partial charge in [-0.05, 0) is 56.0 Å². The summed E-state index contributed by atoms with van der Waals surface area (Å²) < 4.78 is 1.98. The number of nitrogens with zero attached hydrogens (tertiary/aromatic N) is 2. The Morgan fingerprint density at radius 1 is 0.926 bits per heavy atom. The zero-order valence-electron chi connectivity index (χ0n) is 15.6. The Labute approximate surface area is 160 Å². The van der Waals surface area contributed by atoms with E-state index in [2.05, 4.69) is 5.32 Å². The number of carbonyl (C=O) groups is 2. The molecule has 2 aromatic rings. The number of aromatic nitrogens is 1. The molecular weight excluding hydrogens is 338 g/mol. The van der Waals surface area contributed by atoms with Crippen LogP contribution in [-0.4, -0.2) is 39.9 Å². The van der Waals surface area contributed by atoms with Gasteiger partial charge in [-0.15, -0.1) is 0 Å². The van der Waals surface area contributed by atoms with Gasteiger partial charge < -0.3 is 14.8 Å². The summed E-state index contributed by atoms with van der Waals surface area (Å²) in [4.78, 5) is 27.7. The number of benzene rings is 1. The zero-order chi connectivity index (χ0) is 18.6. The van der Waals surface area contributed by atoms with Gasteiger partial charge in [0.1, 0.15) is 6.04 Å². The van der Waals surface area contributed by atoms with Crippen LogP contribution >= 0.6 is 0 Å². The number of nitrogens with one attached hydrogen (secondary N) is 1. The Morgan fingerprint density at radius 2 is 1.70 bits per heavy atom. The number of amides is 2. The molecule has 1 atom stereocenters. The monoisotopic (exact) mass is 365 g/mol. The maximum absolute atomic E-state index is 13.1. The summed E-state index contributed by atoms with van der Waals surface area (Å²) in [7, 11) is 0. The van der Waals surface area contributed by atoms with Crippen LogP contribution in [0.3, 0.4) is 0 Å². The van der Waals surface area contributed by atoms with Gasteiger partial charge in [0, 0.05) is 36.2 Å². The molecule has 1 aromatic heterocycles. The van der Waals surface area contributed by atoms with Crippen molar-refractivity contribution in [3.8, 4) is 5.69 Å². The fourth-order valence-corrected chi connectivity index (χ4v) is 4.30. The van der Waals surface area contributed by atoms with Crippen molar-refractivity contribution in [2.45, 2.75) is 57.0 Å². The molecule has 5 heteroatoms. The second kappa shape index (κ2) is 7.99. The van der Waals surface area contributed by atoms with Gasteiger partial charge in [-0.2, -0.15) is 0 Å². The van der Waals surface area contributed by atoms with Crippen LogP contribution in [0, 0.1) is 0 Å². The van der Waals surface area contributed by atoms with Gasteiger partial charge in [0.25, 0.3) is 5.91 Å². The van der Waals surface area contributed by atoms with E-state index in [0.29, 0.717) is 12.1 Å². The van der Waals surface area contributed by atoms with Crippen LogP contribution in [0.25, 0.3) is 5.69 Å². The van der Waals surface area contributed by atoms with E-state index in [4.69, 9.17) is 0 Å². The topological polar surface area (TPSA) is 54.3 Å². The molecule has 27 heavy (non-hydrogen) atoms. The van der Waals surface area contributed by atoms with Gasteiger partial charge in [0.2, 0.25) is 5.91 Å². The van der Waals surface area contributed by atoms with E-state index in [9.17, 15) is 9.59 Å². The average molecular weight is 365 g/mol. The minimum atomic E-state index is -0.338. The summed E-state index contributed by atoms with van der Waals surface area (Å²) >= 11 is 0. The lowest BCUT2D eigenvalue weighted by Crippen LogP contribution is -2.49. The highest BCUT2D eigenvalue weighted by molar-refractivity contribution is 5.98. The van der Waals surface area contributed by atoms with Crippen molar-refractivity contribution >= 4 is 11.8 Å². The molecular formula is C22H27N3O2. The van der Waals surface area contributed by atoms with Crippen molar-refractivity contribution in [2.24, 2.45) is 0 Å². The molecule has 2 aliphatic rings. The molecule has 2 amide bonds. The van der Waals surface area contributed by atoms with Gasteiger partial charge in [-0.3, -0.25) is 9.59 Å². The highest BCUT2D eigenvalue weighted by Crippen LogP contribution is 2.23. The molecule has 142 valence electrons. The maximum atomic E-state index is 13.1. The van der Waals surface area contributed by atoms with E-state index in [1.54, 1.807) is 4.90 Å². The van der Waals surface area contributed by atoms with Crippen molar-refractivity contribution in [1.29, 1.82) is 0 Å². The molecule has 1 N–H and O–H groups in total. The zero-order valence-corrected chi connectivity index (χ0v) is 15.6. The first-order valence-electron chi connectivity index (χ1n) is 10.1. The minimum Gasteiger partial charge on any atom is -0.352 e. The lowest BCUT2D eigenvalue weighted by Gasteiger charge is -2.28. The molecule has 5 nitrogen and oxygen atoms in total. The van der Waals surface area contributed by atoms with E-state index < -0.39 is 0 Å². The van der Waals surface area contributed by atoms with Crippen LogP contribution < -0.4 is 5.32 Å². The van der Waals surface area contributed by atoms with Crippen LogP contribution in [0.4, 0.5) is 0 Å². The van der Waals surface area contributed by atoms with Gasteiger partial charge in [0.15, 0.2) is 0 Å². The van der Waals surface area contributed by atoms with E-state index in [1.165, 1.54) is 19.3 Å². The summed E-state index contributed by atoms with van der Waals surface area (Å²) in [5.41, 5.74) is 1.59. The van der Waals surface area contributed by atoms with Gasteiger partial charge in [-0.25, -0.2) is 0 Å². The number of hydrogen-bond donors (Lipinski definition) is 1. The van der Waals surface area contributed by atoms with Crippen LogP contribution in [-0.2, 0) is 4.79 Å². The first-order chi connectivity index (χ1) is 13.2. The Morgan fingerprint density at radius 3 is 2.48 bits per heavy atom. The predicted molar refractivity (Wildman–Crippen MR) is 105 cm³/mol. The Balaban J connectivity index is 1.47. The summed E-state index contributed by atoms with van der Waals surface area (Å²) in [6.45, 7) is 0.648. The molecule has 1 saturated carbocycles. The standard InChI is InChI=1S/C22H27N3O2/c26-21(23-18-9-2-1-3-10-18)20-12-7-15-25(20)22(27)17-8-6-11-19(16-17)24-13-4-5-14-24/h4-6,8,11,13-14,16,18,20H,1-3,7,9-10,12,15H2,(H,23,26)/t20-/m0/s1. The van der Waals surface area contributed by atoms with Crippen molar-refractivity contribution in [3.63, 3.8) is 0 Å². The molecule has 1 saturated heterocycles. The number of carbonyl (C=O) groups excluding carboxylic acids is 2. The molecule has 0 spiro atoms. The predicted octanol–water partition coefficient (Wildman–Crippen LogP) is 3.53. The second-order valence-electron chi connectivity index (χ2n) is 7.64. The molecule has 2 heterocycles. The Bertz CT molecular complexity index is 794. The summed E-state index contributed by atoms with van der Waals surface area (Å²) in [5.74, 6) is -0.0281. The van der Waals surface area contributed by atoms with E-state index in [-0.39, 0.29) is 23.9 Å². The van der Waals surface area contributed by atoms with E-state index in [0.717, 1.165) is 31.4 Å². The third-order valence-electron chi connectivity index (χ3n) is 5.76. The number of likely N-dealkylation sites (tertiary alicyclic amines) is 1. The lowest BCUT2D eigenvalue weighted by molar-refractivity contribution is -0.125. The third kappa shape index (κ3) is 3.92. The molecule has 0 unspecified atom stereocenters. The quantitative estimate of drug-likeness (QED) is 0.901. The molecule has 0 radical (unpaired) electrons. The summed E-state index contributed by atoms with van der Waals surface area (Å²) in [5, 5.41) is 3.19. The summed E-state index contributed by atoms with van der Waals surface area (Å²) in [6, 6.07) is 11.5. The number of rotatable bonds is 4. The van der Waals surface area contributed by atoms with E-state index >= 15 is 0 Å². The van der Waals surface area contributed by atoms with Crippen molar-refractivity contribution < 1.29 is 9.59 Å². The smallest absolute Gasteiger partial charge is 0.254 e. The minimum absolute atomic E-state index is 0.0225. The normalized spacial score (nSPS) is 20.6. The molecule has 1 aliphatic carbocycles. The fourth-order valence-electron chi connectivity index (χ4n) is 4.30. The Kier molecular flexibility index (Phi) is 5.28. The molecule has 0 bridgehead atoms. The maximum Gasteiger partial charge on any atom is 0.254 e. The van der Waals surface area contributed by atoms with Gasteiger partial charge in [-0.1, -0.05) is 25.3 Å². The molecule has 2 fully saturated rings. The second-order valence-corrected chi connectivity index (χ2v) is 7.64. The van der Waals surface area contributed by atoms with Crippen molar-refractivity contribution in [2.75, 3.05) is 6.54 Å². The van der Waals surface area contributed by atoms with Crippen LogP contribution in [0.1, 0.15) is 55.3 Å². The largest absolute Gasteiger partial charge is 0.352 e. The van der Waals surface area contributed by atoms with Gasteiger partial charge in [0.05, 0.1) is 0 Å². The lowest BCUT2D eigenvalue weighted by atomic mass is 9.95. The van der Waals surface area contributed by atoms with Gasteiger partial charge >= 0.3 is 0 Å². The first-order valence-corrected chi connectivity index (χ1v) is 10.1. The summed E-state index contributed by atoms with van der Waals surface area (Å²) in [6.07, 6.45) is 11.3. The SMILES string of the molecule is O=C(NC1CCCCC1)[C@@H]1CCCN1C(=O)c1cccc(-n2cccc2)c1. The molecule has 4 rings (SSSR count). The van der Waals surface area contributed by atoms with E-state index in [1.807, 2.05) is 53.4 Å².